The molecule has 0 spiro atoms. The van der Waals surface area contributed by atoms with E-state index in [0.29, 0.717) is 49.1 Å². The molecule has 2 N–H and O–H groups in total. The molecule has 1 aromatic heterocycles. The van der Waals surface area contributed by atoms with Crippen LogP contribution in [0.1, 0.15) is 6.42 Å². The first-order chi connectivity index (χ1) is 12.1. The predicted molar refractivity (Wildman–Crippen MR) is 96.0 cm³/mol. The third-order valence-electron chi connectivity index (χ3n) is 3.69. The molecule has 11 heteroatoms. The van der Waals surface area contributed by atoms with E-state index in [9.17, 15) is 22.0 Å². The van der Waals surface area contributed by atoms with Crippen molar-refractivity contribution in [3.05, 3.63) is 36.7 Å². The van der Waals surface area contributed by atoms with Crippen molar-refractivity contribution in [2.24, 2.45) is 0 Å². The molecule has 0 radical (unpaired) electrons. The summed E-state index contributed by atoms with van der Waals surface area (Å²) >= 11 is 0. The molecule has 0 amide bonds. The van der Waals surface area contributed by atoms with Crippen LogP contribution in [0.25, 0.3) is 10.8 Å². The van der Waals surface area contributed by atoms with Gasteiger partial charge in [-0.15, -0.1) is 0 Å². The van der Waals surface area contributed by atoms with E-state index in [1.54, 1.807) is 30.6 Å². The molecular weight excluding hydrogens is 382 g/mol. The number of hydrogen-bond donors (Lipinski definition) is 2. The second-order valence-corrected chi connectivity index (χ2v) is 9.17. The summed E-state index contributed by atoms with van der Waals surface area (Å²) in [5, 5.41) is 12.2. The van der Waals surface area contributed by atoms with Gasteiger partial charge in [0.15, 0.2) is 0 Å². The number of hydroxylamine groups is 2. The van der Waals surface area contributed by atoms with E-state index >= 15 is 0 Å². The van der Waals surface area contributed by atoms with Gasteiger partial charge < -0.3 is 5.21 Å². The summed E-state index contributed by atoms with van der Waals surface area (Å²) in [5.74, 6) is 0. The van der Waals surface area contributed by atoms with Crippen molar-refractivity contribution in [3.8, 4) is 0 Å². The van der Waals surface area contributed by atoms with Gasteiger partial charge in [-0.25, -0.2) is 8.42 Å². The van der Waals surface area contributed by atoms with Crippen molar-refractivity contribution in [2.45, 2.75) is 11.3 Å². The first-order valence-electron chi connectivity index (χ1n) is 7.78. The highest BCUT2D eigenvalue weighted by atomic mass is 32.2. The number of aromatic nitrogens is 1. The van der Waals surface area contributed by atoms with Crippen LogP contribution in [0.3, 0.4) is 0 Å². The van der Waals surface area contributed by atoms with Gasteiger partial charge in [-0.3, -0.25) is 9.54 Å². The van der Waals surface area contributed by atoms with E-state index in [1.807, 2.05) is 6.07 Å². The molecule has 2 aromatic rings. The lowest BCUT2D eigenvalue weighted by molar-refractivity contribution is -0.0854. The van der Waals surface area contributed by atoms with Crippen molar-refractivity contribution < 1.29 is 26.6 Å². The maximum atomic E-state index is 12.9. The van der Waals surface area contributed by atoms with E-state index < -0.39 is 20.1 Å². The molecule has 1 aliphatic rings. The molecule has 0 unspecified atom stereocenters. The van der Waals surface area contributed by atoms with Crippen LogP contribution in [0.15, 0.2) is 41.6 Å². The summed E-state index contributed by atoms with van der Waals surface area (Å²) in [6.45, 7) is 1.53. The first kappa shape index (κ1) is 20.7. The summed E-state index contributed by atoms with van der Waals surface area (Å²) in [5.41, 5.74) is 0. The predicted octanol–water partition coefficient (Wildman–Crippen LogP) is 0.824. The summed E-state index contributed by atoms with van der Waals surface area (Å²) in [6, 6.07) is 6.92. The molecule has 1 saturated heterocycles. The normalized spacial score (nSPS) is 17.3. The fraction of sp³-hybridized carbons (Fsp3) is 0.400. The number of rotatable bonds is 2. The van der Waals surface area contributed by atoms with Crippen molar-refractivity contribution in [3.63, 3.8) is 0 Å². The number of pyridine rings is 1. The molecule has 1 aliphatic heterocycles. The van der Waals surface area contributed by atoms with E-state index in [1.165, 1.54) is 9.37 Å². The van der Waals surface area contributed by atoms with Gasteiger partial charge in [0.2, 0.25) is 10.0 Å². The van der Waals surface area contributed by atoms with Crippen LogP contribution in [0.2, 0.25) is 0 Å². The Balaban J connectivity index is 0.000000431. The maximum absolute atomic E-state index is 12.9. The highest BCUT2D eigenvalue weighted by molar-refractivity contribution is 7.89. The zero-order valence-corrected chi connectivity index (χ0v) is 15.8. The molecule has 3 rings (SSSR count). The zero-order valence-electron chi connectivity index (χ0n) is 14.2. The van der Waals surface area contributed by atoms with Gasteiger partial charge >= 0.3 is 0 Å². The fourth-order valence-electron chi connectivity index (χ4n) is 2.58. The Morgan fingerprint density at radius 3 is 2.42 bits per heavy atom. The van der Waals surface area contributed by atoms with E-state index in [0.717, 1.165) is 5.39 Å². The Hall–Kier alpha value is -1.63. The third kappa shape index (κ3) is 5.69. The maximum Gasteiger partial charge on any atom is 0.261 e. The number of hydrogen-bond acceptors (Lipinski definition) is 7. The Kier molecular flexibility index (Phi) is 6.66. The van der Waals surface area contributed by atoms with Crippen molar-refractivity contribution in [1.29, 1.82) is 0 Å². The van der Waals surface area contributed by atoms with Crippen molar-refractivity contribution in [2.75, 3.05) is 32.4 Å². The molecule has 1 aromatic carbocycles. The minimum absolute atomic E-state index is 0.292. The van der Waals surface area contributed by atoms with Crippen LogP contribution in [-0.2, 0) is 20.1 Å². The molecule has 0 saturated carbocycles. The highest BCUT2D eigenvalue weighted by Crippen LogP contribution is 2.25. The molecule has 26 heavy (non-hydrogen) atoms. The summed E-state index contributed by atoms with van der Waals surface area (Å²) < 4.78 is 53.0. The van der Waals surface area contributed by atoms with Gasteiger partial charge in [0.1, 0.15) is 0 Å². The molecule has 0 atom stereocenters. The average molecular weight is 403 g/mol. The van der Waals surface area contributed by atoms with Crippen molar-refractivity contribution in [1.82, 2.24) is 14.4 Å². The Bertz CT molecular complexity index is 949. The van der Waals surface area contributed by atoms with Gasteiger partial charge in [-0.05, 0) is 18.6 Å². The molecular formula is C15H21N3O6S2. The number of nitrogens with zero attached hydrogens (tertiary/aromatic N) is 3. The Morgan fingerprint density at radius 2 is 1.73 bits per heavy atom. The average Bonchev–Trinajstić information content (AvgIpc) is 2.78. The van der Waals surface area contributed by atoms with Gasteiger partial charge in [0.25, 0.3) is 10.1 Å². The lowest BCUT2D eigenvalue weighted by atomic mass is 10.2. The summed E-state index contributed by atoms with van der Waals surface area (Å²) in [7, 11) is -7.23. The molecule has 0 aliphatic carbocycles. The molecule has 144 valence electrons. The third-order valence-corrected chi connectivity index (χ3v) is 5.65. The standard InChI is InChI=1S/C14H17N3O3S.CH4O3S/c18-16-7-2-8-17(10-9-16)21(19,20)14-4-1-3-12-11-15-6-5-13(12)14;1-5(2,3)4/h1,3-6,11,18H,2,7-10H2;1H3,(H,2,3,4). The quantitative estimate of drug-likeness (QED) is 0.706. The highest BCUT2D eigenvalue weighted by Gasteiger charge is 2.27. The second kappa shape index (κ2) is 8.37. The van der Waals surface area contributed by atoms with Crippen LogP contribution in [0, 0.1) is 0 Å². The number of benzene rings is 1. The molecule has 0 bridgehead atoms. The summed E-state index contributed by atoms with van der Waals surface area (Å²) in [4.78, 5) is 4.33. The number of fused-ring (bicyclic) bond motifs is 1. The molecule has 9 nitrogen and oxygen atoms in total. The van der Waals surface area contributed by atoms with Gasteiger partial charge in [-0.1, -0.05) is 12.1 Å². The van der Waals surface area contributed by atoms with Gasteiger partial charge in [0.05, 0.1) is 11.2 Å². The number of sulfonamides is 1. The lowest BCUT2D eigenvalue weighted by Gasteiger charge is -2.20. The Morgan fingerprint density at radius 1 is 1.04 bits per heavy atom. The Labute approximate surface area is 152 Å². The summed E-state index contributed by atoms with van der Waals surface area (Å²) in [6.07, 6.45) is 4.58. The molecule has 1 fully saturated rings. The minimum Gasteiger partial charge on any atom is -0.314 e. The van der Waals surface area contributed by atoms with Gasteiger partial charge in [-0.2, -0.15) is 17.8 Å². The smallest absolute Gasteiger partial charge is 0.261 e. The molecule has 2 heterocycles. The van der Waals surface area contributed by atoms with E-state index in [-0.39, 0.29) is 0 Å². The van der Waals surface area contributed by atoms with Crippen LogP contribution < -0.4 is 0 Å². The monoisotopic (exact) mass is 403 g/mol. The lowest BCUT2D eigenvalue weighted by Crippen LogP contribution is -2.34. The first-order valence-corrected chi connectivity index (χ1v) is 11.1. The minimum atomic E-state index is -3.67. The zero-order chi connectivity index (χ0) is 19.4. The van der Waals surface area contributed by atoms with Crippen LogP contribution >= 0.6 is 0 Å². The van der Waals surface area contributed by atoms with Crippen LogP contribution in [0.4, 0.5) is 0 Å². The van der Waals surface area contributed by atoms with E-state index in [2.05, 4.69) is 4.98 Å². The fourth-order valence-corrected chi connectivity index (χ4v) is 4.26. The van der Waals surface area contributed by atoms with Crippen LogP contribution in [-0.4, -0.2) is 73.4 Å². The van der Waals surface area contributed by atoms with Gasteiger partial charge in [0, 0.05) is 49.3 Å². The topological polar surface area (TPSA) is 128 Å². The van der Waals surface area contributed by atoms with Crippen molar-refractivity contribution >= 4 is 30.9 Å². The SMILES string of the molecule is CS(=O)(=O)O.O=S(=O)(c1cccc2cnccc12)N1CCCN(O)CC1. The largest absolute Gasteiger partial charge is 0.314 e. The van der Waals surface area contributed by atoms with E-state index in [4.69, 9.17) is 4.55 Å². The van der Waals surface area contributed by atoms with Crippen LogP contribution in [0.5, 0.6) is 0 Å². The second-order valence-electron chi connectivity index (χ2n) is 5.80.